The lowest BCUT2D eigenvalue weighted by Gasteiger charge is -2.44. The lowest BCUT2D eigenvalue weighted by Crippen LogP contribution is -2.81. The van der Waals surface area contributed by atoms with Crippen LogP contribution in [-0.4, -0.2) is 16.9 Å². The van der Waals surface area contributed by atoms with Gasteiger partial charge in [-0.3, -0.25) is 4.79 Å². The molecular formula is C45H21BF20N2O. The lowest BCUT2D eigenvalue weighted by molar-refractivity contribution is -0.683. The minimum atomic E-state index is -7.22. The molecule has 0 aliphatic heterocycles. The Labute approximate surface area is 373 Å². The summed E-state index contributed by atoms with van der Waals surface area (Å²) in [6.45, 7) is 6.61. The normalized spacial score (nSPS) is 11.5. The topological polar surface area (TPSA) is 33.8 Å². The van der Waals surface area contributed by atoms with Crippen molar-refractivity contribution in [3.05, 3.63) is 200 Å². The van der Waals surface area contributed by atoms with E-state index in [1.54, 1.807) is 6.20 Å². The molecule has 69 heavy (non-hydrogen) atoms. The Morgan fingerprint density at radius 1 is 0.449 bits per heavy atom. The van der Waals surface area contributed by atoms with Gasteiger partial charge in [-0.25, -0.2) is 92.8 Å². The van der Waals surface area contributed by atoms with Gasteiger partial charge in [-0.05, 0) is 31.9 Å². The van der Waals surface area contributed by atoms with Crippen molar-refractivity contribution >= 4 is 33.8 Å². The van der Waals surface area contributed by atoms with Crippen molar-refractivity contribution in [1.29, 1.82) is 0 Å². The third-order valence-corrected chi connectivity index (χ3v) is 10.8. The summed E-state index contributed by atoms with van der Waals surface area (Å²) in [7, 11) is 0. The highest BCUT2D eigenvalue weighted by atomic mass is 19.2. The summed E-state index contributed by atoms with van der Waals surface area (Å²) in [6.07, 6.45) is -1.67. The lowest BCUT2D eigenvalue weighted by atomic mass is 9.12. The predicted octanol–water partition coefficient (Wildman–Crippen LogP) is 9.69. The molecule has 0 saturated carbocycles. The Morgan fingerprint density at radius 2 is 0.739 bits per heavy atom. The molecule has 0 fully saturated rings. The van der Waals surface area contributed by atoms with Crippen LogP contribution in [0.2, 0.25) is 0 Å². The Balaban J connectivity index is 0.000000273. The van der Waals surface area contributed by atoms with Gasteiger partial charge in [-0.1, -0.05) is 48.0 Å². The van der Waals surface area contributed by atoms with Crippen molar-refractivity contribution in [1.82, 2.24) is 4.98 Å². The summed E-state index contributed by atoms with van der Waals surface area (Å²) >= 11 is 0. The van der Waals surface area contributed by atoms with Crippen LogP contribution in [0.25, 0.3) is 11.3 Å². The van der Waals surface area contributed by atoms with Crippen LogP contribution in [0.15, 0.2) is 61.1 Å². The first kappa shape index (κ1) is 51.1. The summed E-state index contributed by atoms with van der Waals surface area (Å²) < 4.78 is 296. The standard InChI is InChI=1S/C24BF20.C21H21N2O/c26-5-1(6(27)14(35)21(42)13(5)34)25(2-7(28)15(36)22(43)16(37)8(2)29,3-9(30)17(38)23(44)18(39)10(3)31)4-11(32)19(40)24(45)20(41)12(4)33;1-15-11-16(2)21(17(3)12-15)19-13-23(10-9-22-19)14-20(24)18-7-5-4-6-8-18/h;4-13H,14H2,1-3H3/q-1;+1. The van der Waals surface area contributed by atoms with Gasteiger partial charge in [0, 0.05) is 11.1 Å². The van der Waals surface area contributed by atoms with E-state index in [1.807, 2.05) is 47.3 Å². The second-order valence-electron chi connectivity index (χ2n) is 15.0. The molecule has 0 unspecified atom stereocenters. The van der Waals surface area contributed by atoms with Crippen molar-refractivity contribution < 1.29 is 97.2 Å². The Bertz CT molecular complexity index is 2850. The number of aromatic nitrogens is 2. The highest BCUT2D eigenvalue weighted by Crippen LogP contribution is 2.31. The number of hydrogen-bond acceptors (Lipinski definition) is 2. The van der Waals surface area contributed by atoms with E-state index >= 15 is 35.1 Å². The van der Waals surface area contributed by atoms with Gasteiger partial charge in [0.15, 0.2) is 82.2 Å². The maximum atomic E-state index is 15.4. The van der Waals surface area contributed by atoms with Gasteiger partial charge in [0.05, 0.1) is 6.20 Å². The predicted molar refractivity (Wildman–Crippen MR) is 204 cm³/mol. The summed E-state index contributed by atoms with van der Waals surface area (Å²) in [5, 5.41) is 0. The van der Waals surface area contributed by atoms with Crippen LogP contribution in [0.3, 0.4) is 0 Å². The number of Topliss-reactive ketones (excluding diaryl/α,β-unsaturated/α-hetero) is 1. The molecule has 0 aliphatic carbocycles. The SMILES string of the molecule is Cc1cc(C)c(-c2c[n+](CC(=O)c3ccccc3)ccn2)c(C)c1.Fc1c(F)c(F)c([B-](c2c(F)c(F)c(F)c(F)c2F)(c2c(F)c(F)c(F)c(F)c2F)c2c(F)c(F)c(F)c(F)c2F)c(F)c1F. The van der Waals surface area contributed by atoms with Crippen molar-refractivity contribution in [2.45, 2.75) is 27.3 Å². The molecule has 7 rings (SSSR count). The average molecular weight is 996 g/mol. The van der Waals surface area contributed by atoms with Gasteiger partial charge in [0.2, 0.25) is 12.3 Å². The largest absolute Gasteiger partial charge is 0.287 e. The van der Waals surface area contributed by atoms with Crippen LogP contribution in [0, 0.1) is 137 Å². The fourth-order valence-corrected chi connectivity index (χ4v) is 8.00. The van der Waals surface area contributed by atoms with Crippen molar-refractivity contribution in [2.24, 2.45) is 0 Å². The Morgan fingerprint density at radius 3 is 1.04 bits per heavy atom. The zero-order chi connectivity index (χ0) is 51.5. The van der Waals surface area contributed by atoms with Gasteiger partial charge >= 0.3 is 0 Å². The van der Waals surface area contributed by atoms with E-state index in [2.05, 4.69) is 37.9 Å². The number of rotatable bonds is 8. The van der Waals surface area contributed by atoms with Gasteiger partial charge in [0.1, 0.15) is 58.4 Å². The quantitative estimate of drug-likeness (QED) is 0.0380. The molecule has 3 nitrogen and oxygen atoms in total. The van der Waals surface area contributed by atoms with E-state index in [9.17, 15) is 57.5 Å². The summed E-state index contributed by atoms with van der Waals surface area (Å²) in [6, 6.07) is 13.7. The third kappa shape index (κ3) is 8.32. The molecule has 0 atom stereocenters. The highest BCUT2D eigenvalue weighted by molar-refractivity contribution is 7.20. The molecule has 1 heterocycles. The molecule has 1 aromatic heterocycles. The van der Waals surface area contributed by atoms with Crippen LogP contribution >= 0.6 is 0 Å². The van der Waals surface area contributed by atoms with Crippen LogP contribution in [0.1, 0.15) is 27.0 Å². The number of carbonyl (C=O) groups excluding carboxylic acids is 1. The van der Waals surface area contributed by atoms with E-state index in [4.69, 9.17) is 0 Å². The van der Waals surface area contributed by atoms with E-state index < -0.39 is 144 Å². The van der Waals surface area contributed by atoms with E-state index in [1.165, 1.54) is 16.7 Å². The zero-order valence-electron chi connectivity index (χ0n) is 34.4. The van der Waals surface area contributed by atoms with Gasteiger partial charge < -0.3 is 0 Å². The molecule has 0 aliphatic rings. The van der Waals surface area contributed by atoms with E-state index in [0.29, 0.717) is 6.54 Å². The monoisotopic (exact) mass is 996 g/mol. The highest BCUT2D eigenvalue weighted by Gasteiger charge is 2.52. The first-order valence-corrected chi connectivity index (χ1v) is 19.0. The molecule has 6 aromatic carbocycles. The minimum Gasteiger partial charge on any atom is -0.287 e. The number of aryl methyl sites for hydroxylation is 3. The van der Waals surface area contributed by atoms with E-state index in [0.717, 1.165) is 16.8 Å². The van der Waals surface area contributed by atoms with Crippen molar-refractivity contribution in [2.75, 3.05) is 0 Å². The maximum Gasteiger partial charge on any atom is 0.227 e. The van der Waals surface area contributed by atoms with Gasteiger partial charge in [-0.15, -0.1) is 21.9 Å². The fraction of sp³-hybridized carbons (Fsp3) is 0.0889. The average Bonchev–Trinajstić information content (AvgIpc) is 3.31. The minimum absolute atomic E-state index is 0.0927. The number of hydrogen-bond donors (Lipinski definition) is 0. The number of carbonyl (C=O) groups is 1. The smallest absolute Gasteiger partial charge is 0.227 e. The molecule has 360 valence electrons. The maximum absolute atomic E-state index is 15.4. The summed E-state index contributed by atoms with van der Waals surface area (Å²) in [5.41, 5.74) is -7.92. The molecule has 0 N–H and O–H groups in total. The Kier molecular flexibility index (Phi) is 14.1. The second kappa shape index (κ2) is 19.0. The molecular weight excluding hydrogens is 975 g/mol. The number of nitrogens with zero attached hydrogens (tertiary/aromatic N) is 2. The van der Waals surface area contributed by atoms with Gasteiger partial charge in [0.25, 0.3) is 0 Å². The first-order valence-electron chi connectivity index (χ1n) is 19.0. The van der Waals surface area contributed by atoms with Crippen LogP contribution in [0.4, 0.5) is 87.8 Å². The van der Waals surface area contributed by atoms with Crippen LogP contribution in [-0.2, 0) is 6.54 Å². The first-order chi connectivity index (χ1) is 32.2. The van der Waals surface area contributed by atoms with Crippen LogP contribution < -0.4 is 26.4 Å². The molecule has 0 bridgehead atoms. The third-order valence-electron chi connectivity index (χ3n) is 10.8. The Hall–Kier alpha value is -7.27. The zero-order valence-corrected chi connectivity index (χ0v) is 34.4. The summed E-state index contributed by atoms with van der Waals surface area (Å²) in [5.74, 6) is -71.3. The molecule has 24 heteroatoms. The second-order valence-corrected chi connectivity index (χ2v) is 15.0. The van der Waals surface area contributed by atoms with Crippen molar-refractivity contribution in [3.8, 4) is 11.3 Å². The van der Waals surface area contributed by atoms with Crippen molar-refractivity contribution in [3.63, 3.8) is 0 Å². The molecule has 0 spiro atoms. The summed E-state index contributed by atoms with van der Waals surface area (Å²) in [4.78, 5) is 16.9. The molecule has 0 amide bonds. The molecule has 7 aromatic rings. The number of ketones is 1. The van der Waals surface area contributed by atoms with Crippen LogP contribution in [0.5, 0.6) is 0 Å². The fourth-order valence-electron chi connectivity index (χ4n) is 8.00. The molecule has 0 saturated heterocycles. The van der Waals surface area contributed by atoms with Gasteiger partial charge in [-0.2, -0.15) is 4.57 Å². The molecule has 0 radical (unpaired) electrons. The number of benzene rings is 6. The number of halogens is 20. The van der Waals surface area contributed by atoms with E-state index in [-0.39, 0.29) is 5.78 Å².